The number of amides is 1. The van der Waals surface area contributed by atoms with Crippen LogP contribution in [0.15, 0.2) is 77.7 Å². The highest BCUT2D eigenvalue weighted by atomic mass is 35.5. The van der Waals surface area contributed by atoms with Gasteiger partial charge in [-0.1, -0.05) is 48.0 Å². The third-order valence-corrected chi connectivity index (χ3v) is 6.58. The van der Waals surface area contributed by atoms with Gasteiger partial charge in [0, 0.05) is 24.2 Å². The van der Waals surface area contributed by atoms with Crippen LogP contribution in [0, 0.1) is 0 Å². The molecule has 0 fully saturated rings. The quantitative estimate of drug-likeness (QED) is 0.525. The Kier molecular flexibility index (Phi) is 7.33. The fourth-order valence-electron chi connectivity index (χ4n) is 2.98. The maximum atomic E-state index is 13.1. The van der Waals surface area contributed by atoms with Crippen LogP contribution in [0.1, 0.15) is 22.8 Å². The highest BCUT2D eigenvalue weighted by Gasteiger charge is 2.23. The van der Waals surface area contributed by atoms with Gasteiger partial charge < -0.3 is 10.1 Å². The fraction of sp³-hybridized carbons (Fsp3) is 0.174. The zero-order valence-corrected chi connectivity index (χ0v) is 18.8. The van der Waals surface area contributed by atoms with E-state index in [1.807, 2.05) is 30.3 Å². The number of carbonyl (C=O) groups is 1. The van der Waals surface area contributed by atoms with Crippen molar-refractivity contribution in [1.82, 2.24) is 4.31 Å². The SMILES string of the molecule is CCOc1ccc(S(=O)(=O)N(C)Cc2ccccc2)cc1NC(=O)c1cccc(Cl)c1. The zero-order valence-electron chi connectivity index (χ0n) is 17.2. The molecule has 0 bridgehead atoms. The molecule has 3 rings (SSSR count). The van der Waals surface area contributed by atoms with Gasteiger partial charge >= 0.3 is 0 Å². The van der Waals surface area contributed by atoms with Crippen molar-refractivity contribution in [2.75, 3.05) is 19.0 Å². The molecule has 0 radical (unpaired) electrons. The van der Waals surface area contributed by atoms with Crippen LogP contribution in [0.25, 0.3) is 0 Å². The topological polar surface area (TPSA) is 75.7 Å². The lowest BCUT2D eigenvalue weighted by Crippen LogP contribution is -2.26. The smallest absolute Gasteiger partial charge is 0.255 e. The molecular weight excluding hydrogens is 436 g/mol. The molecular formula is C23H23ClN2O4S. The molecule has 0 saturated heterocycles. The molecule has 0 atom stereocenters. The minimum atomic E-state index is -3.79. The molecule has 0 heterocycles. The minimum absolute atomic E-state index is 0.0516. The van der Waals surface area contributed by atoms with Crippen molar-refractivity contribution in [2.45, 2.75) is 18.4 Å². The standard InChI is InChI=1S/C23H23ClN2O4S/c1-3-30-22-13-12-20(31(28,29)26(2)16-17-8-5-4-6-9-17)15-21(22)25-23(27)18-10-7-11-19(24)14-18/h4-15H,3,16H2,1-2H3,(H,25,27). The lowest BCUT2D eigenvalue weighted by atomic mass is 10.2. The number of benzene rings is 3. The monoisotopic (exact) mass is 458 g/mol. The van der Waals surface area contributed by atoms with Crippen LogP contribution in [-0.4, -0.2) is 32.3 Å². The van der Waals surface area contributed by atoms with Crippen LogP contribution in [-0.2, 0) is 16.6 Å². The van der Waals surface area contributed by atoms with Gasteiger partial charge in [-0.3, -0.25) is 4.79 Å². The number of hydrogen-bond acceptors (Lipinski definition) is 4. The second-order valence-corrected chi connectivity index (χ2v) is 9.28. The van der Waals surface area contributed by atoms with Gasteiger partial charge in [-0.2, -0.15) is 4.31 Å². The average molecular weight is 459 g/mol. The summed E-state index contributed by atoms with van der Waals surface area (Å²) in [6.45, 7) is 2.39. The third kappa shape index (κ3) is 5.64. The lowest BCUT2D eigenvalue weighted by Gasteiger charge is -2.19. The lowest BCUT2D eigenvalue weighted by molar-refractivity contribution is 0.102. The van der Waals surface area contributed by atoms with Gasteiger partial charge in [-0.05, 0) is 48.9 Å². The van der Waals surface area contributed by atoms with Gasteiger partial charge in [0.2, 0.25) is 10.0 Å². The van der Waals surface area contributed by atoms with Crippen molar-refractivity contribution in [3.05, 3.63) is 88.9 Å². The average Bonchev–Trinajstić information content (AvgIpc) is 2.75. The van der Waals surface area contributed by atoms with Crippen LogP contribution in [0.2, 0.25) is 5.02 Å². The van der Waals surface area contributed by atoms with E-state index in [9.17, 15) is 13.2 Å². The molecule has 1 N–H and O–H groups in total. The predicted molar refractivity (Wildman–Crippen MR) is 122 cm³/mol. The predicted octanol–water partition coefficient (Wildman–Crippen LogP) is 4.81. The molecule has 1 amide bonds. The van der Waals surface area contributed by atoms with E-state index in [0.717, 1.165) is 5.56 Å². The number of anilines is 1. The van der Waals surface area contributed by atoms with Crippen molar-refractivity contribution in [2.24, 2.45) is 0 Å². The van der Waals surface area contributed by atoms with Crippen LogP contribution >= 0.6 is 11.6 Å². The Labute approximate surface area is 187 Å². The van der Waals surface area contributed by atoms with Gasteiger partial charge in [-0.25, -0.2) is 8.42 Å². The number of rotatable bonds is 8. The first-order valence-electron chi connectivity index (χ1n) is 9.65. The summed E-state index contributed by atoms with van der Waals surface area (Å²) in [5.74, 6) is -0.0434. The Morgan fingerprint density at radius 1 is 1.03 bits per heavy atom. The van der Waals surface area contributed by atoms with E-state index >= 15 is 0 Å². The molecule has 3 aromatic rings. The fourth-order valence-corrected chi connectivity index (χ4v) is 4.35. The first-order valence-corrected chi connectivity index (χ1v) is 11.5. The van der Waals surface area contributed by atoms with Gasteiger partial charge in [0.1, 0.15) is 5.75 Å². The molecule has 0 aliphatic heterocycles. The number of halogens is 1. The highest BCUT2D eigenvalue weighted by Crippen LogP contribution is 2.30. The maximum absolute atomic E-state index is 13.1. The zero-order chi connectivity index (χ0) is 22.4. The Balaban J connectivity index is 1.90. The van der Waals surface area contributed by atoms with Crippen molar-refractivity contribution in [3.8, 4) is 5.75 Å². The summed E-state index contributed by atoms with van der Waals surface area (Å²) in [5, 5.41) is 3.16. The highest BCUT2D eigenvalue weighted by molar-refractivity contribution is 7.89. The Morgan fingerprint density at radius 2 is 1.77 bits per heavy atom. The molecule has 0 spiro atoms. The van der Waals surface area contributed by atoms with E-state index in [1.165, 1.54) is 29.6 Å². The summed E-state index contributed by atoms with van der Waals surface area (Å²) >= 11 is 5.97. The molecule has 0 aromatic heterocycles. The van der Waals surface area contributed by atoms with Crippen molar-refractivity contribution < 1.29 is 17.9 Å². The van der Waals surface area contributed by atoms with Crippen molar-refractivity contribution >= 4 is 33.2 Å². The summed E-state index contributed by atoms with van der Waals surface area (Å²) in [7, 11) is -2.28. The Bertz CT molecular complexity index is 1170. The van der Waals surface area contributed by atoms with Crippen molar-refractivity contribution in [1.29, 1.82) is 0 Å². The molecule has 162 valence electrons. The van der Waals surface area contributed by atoms with E-state index in [0.29, 0.717) is 22.9 Å². The molecule has 0 aliphatic rings. The summed E-state index contributed by atoms with van der Waals surface area (Å²) in [4.78, 5) is 12.7. The summed E-state index contributed by atoms with van der Waals surface area (Å²) in [6.07, 6.45) is 0. The largest absolute Gasteiger partial charge is 0.492 e. The summed E-state index contributed by atoms with van der Waals surface area (Å²) < 4.78 is 33.1. The molecule has 0 aliphatic carbocycles. The van der Waals surface area contributed by atoms with Gasteiger partial charge in [0.25, 0.3) is 5.91 Å². The Hall–Kier alpha value is -2.87. The van der Waals surface area contributed by atoms with E-state index < -0.39 is 15.9 Å². The van der Waals surface area contributed by atoms with Gasteiger partial charge in [0.05, 0.1) is 17.2 Å². The van der Waals surface area contributed by atoms with Crippen molar-refractivity contribution in [3.63, 3.8) is 0 Å². The first-order chi connectivity index (χ1) is 14.8. The Morgan fingerprint density at radius 3 is 2.45 bits per heavy atom. The van der Waals surface area contributed by atoms with E-state index in [4.69, 9.17) is 16.3 Å². The molecule has 31 heavy (non-hydrogen) atoms. The number of hydrogen-bond donors (Lipinski definition) is 1. The number of sulfonamides is 1. The van der Waals surface area contributed by atoms with Gasteiger partial charge in [-0.15, -0.1) is 0 Å². The molecule has 6 nitrogen and oxygen atoms in total. The summed E-state index contributed by atoms with van der Waals surface area (Å²) in [6, 6.07) is 20.2. The second kappa shape index (κ2) is 9.96. The molecule has 0 saturated carbocycles. The maximum Gasteiger partial charge on any atom is 0.255 e. The number of ether oxygens (including phenoxy) is 1. The van der Waals surface area contributed by atoms with Crippen LogP contribution < -0.4 is 10.1 Å². The summed E-state index contributed by atoms with van der Waals surface area (Å²) in [5.41, 5.74) is 1.49. The molecule has 0 unspecified atom stereocenters. The van der Waals surface area contributed by atoms with Crippen LogP contribution in [0.4, 0.5) is 5.69 Å². The number of carbonyl (C=O) groups excluding carboxylic acids is 1. The molecule has 8 heteroatoms. The van der Waals surface area contributed by atoms with E-state index in [2.05, 4.69) is 5.32 Å². The van der Waals surface area contributed by atoms with E-state index in [-0.39, 0.29) is 17.1 Å². The van der Waals surface area contributed by atoms with Crippen LogP contribution in [0.5, 0.6) is 5.75 Å². The van der Waals surface area contributed by atoms with Crippen LogP contribution in [0.3, 0.4) is 0 Å². The minimum Gasteiger partial charge on any atom is -0.492 e. The van der Waals surface area contributed by atoms with E-state index in [1.54, 1.807) is 31.2 Å². The first kappa shape index (κ1) is 22.8. The molecule has 3 aromatic carbocycles. The second-order valence-electron chi connectivity index (χ2n) is 6.80. The number of nitrogens with one attached hydrogen (secondary N) is 1. The third-order valence-electron chi connectivity index (χ3n) is 4.54. The number of nitrogens with zero attached hydrogens (tertiary/aromatic N) is 1. The normalized spacial score (nSPS) is 11.4. The van der Waals surface area contributed by atoms with Gasteiger partial charge in [0.15, 0.2) is 0 Å².